The van der Waals surface area contributed by atoms with Crippen molar-refractivity contribution in [3.8, 4) is 11.4 Å². The third kappa shape index (κ3) is 4.03. The number of nitrogens with one attached hydrogen (secondary N) is 1. The minimum Gasteiger partial charge on any atom is -0.381 e. The summed E-state index contributed by atoms with van der Waals surface area (Å²) < 4.78 is 0. The lowest BCUT2D eigenvalue weighted by Crippen LogP contribution is -2.48. The van der Waals surface area contributed by atoms with Crippen LogP contribution >= 0.6 is 23.4 Å². The number of benzene rings is 1. The molecule has 1 aliphatic rings. The van der Waals surface area contributed by atoms with Crippen molar-refractivity contribution >= 4 is 35.0 Å². The predicted octanol–water partition coefficient (Wildman–Crippen LogP) is 2.36. The van der Waals surface area contributed by atoms with Crippen molar-refractivity contribution in [3.05, 3.63) is 29.4 Å². The van der Waals surface area contributed by atoms with Gasteiger partial charge in [0.05, 0.1) is 11.2 Å². The van der Waals surface area contributed by atoms with Gasteiger partial charge >= 0.3 is 0 Å². The van der Waals surface area contributed by atoms with E-state index in [1.807, 2.05) is 12.1 Å². The van der Waals surface area contributed by atoms with Gasteiger partial charge in [-0.15, -0.1) is 10.2 Å². The van der Waals surface area contributed by atoms with E-state index >= 15 is 0 Å². The topological polar surface area (TPSA) is 136 Å². The molecular weight excluding hydrogens is 398 g/mol. The first kappa shape index (κ1) is 18.9. The number of anilines is 2. The average molecular weight is 418 g/mol. The Morgan fingerprint density at radius 1 is 1.29 bits per heavy atom. The second-order valence-corrected chi connectivity index (χ2v) is 8.48. The Bertz CT molecular complexity index is 967. The fourth-order valence-corrected chi connectivity index (χ4v) is 4.02. The Morgan fingerprint density at radius 3 is 2.71 bits per heavy atom. The normalized spacial score (nSPS) is 16.3. The molecule has 0 atom stereocenters. The van der Waals surface area contributed by atoms with E-state index < -0.39 is 0 Å². The Morgan fingerprint density at radius 2 is 2.07 bits per heavy atom. The summed E-state index contributed by atoms with van der Waals surface area (Å²) in [5.41, 5.74) is 13.0. The van der Waals surface area contributed by atoms with Gasteiger partial charge in [0.15, 0.2) is 5.82 Å². The molecule has 1 saturated heterocycles. The van der Waals surface area contributed by atoms with E-state index in [0.717, 1.165) is 42.2 Å². The second kappa shape index (κ2) is 7.53. The Labute approximate surface area is 171 Å². The molecule has 3 heterocycles. The van der Waals surface area contributed by atoms with Crippen LogP contribution in [0.4, 0.5) is 11.6 Å². The highest BCUT2D eigenvalue weighted by Gasteiger charge is 2.27. The van der Waals surface area contributed by atoms with Crippen molar-refractivity contribution in [1.82, 2.24) is 30.6 Å². The molecule has 1 aromatic carbocycles. The van der Waals surface area contributed by atoms with Crippen molar-refractivity contribution in [2.75, 3.05) is 23.7 Å². The highest BCUT2D eigenvalue weighted by Crippen LogP contribution is 2.37. The lowest BCUT2D eigenvalue weighted by atomic mass is 9.91. The average Bonchev–Trinajstić information content (AvgIpc) is 3.19. The number of hydrogen-bond acceptors (Lipinski definition) is 9. The number of nitrogens with two attached hydrogens (primary N) is 2. The molecule has 0 radical (unpaired) electrons. The van der Waals surface area contributed by atoms with Crippen LogP contribution in [0, 0.1) is 0 Å². The maximum atomic E-state index is 6.41. The lowest BCUT2D eigenvalue weighted by Gasteiger charge is -2.37. The number of aromatic nitrogens is 6. The molecule has 9 nitrogen and oxygen atoms in total. The van der Waals surface area contributed by atoms with Crippen molar-refractivity contribution in [2.45, 2.75) is 35.2 Å². The number of H-pyrrole nitrogens is 1. The van der Waals surface area contributed by atoms with Crippen LogP contribution < -0.4 is 16.4 Å². The number of tetrazole rings is 1. The van der Waals surface area contributed by atoms with Gasteiger partial charge in [-0.3, -0.25) is 0 Å². The summed E-state index contributed by atoms with van der Waals surface area (Å²) in [5, 5.41) is 15.0. The molecule has 28 heavy (non-hydrogen) atoms. The van der Waals surface area contributed by atoms with Crippen molar-refractivity contribution in [3.63, 3.8) is 0 Å². The van der Waals surface area contributed by atoms with Gasteiger partial charge in [0.1, 0.15) is 10.8 Å². The van der Waals surface area contributed by atoms with Gasteiger partial charge in [0.25, 0.3) is 0 Å². The molecular formula is C17H20ClN9S. The minimum atomic E-state index is -0.115. The van der Waals surface area contributed by atoms with Crippen LogP contribution in [0.15, 0.2) is 34.3 Å². The molecule has 4 rings (SSSR count). The van der Waals surface area contributed by atoms with E-state index in [-0.39, 0.29) is 5.54 Å². The van der Waals surface area contributed by atoms with E-state index in [9.17, 15) is 0 Å². The van der Waals surface area contributed by atoms with Crippen LogP contribution in [0.3, 0.4) is 0 Å². The largest absolute Gasteiger partial charge is 0.381 e. The molecule has 0 unspecified atom stereocenters. The van der Waals surface area contributed by atoms with Crippen LogP contribution in [0.1, 0.15) is 19.8 Å². The van der Waals surface area contributed by atoms with Gasteiger partial charge in [-0.1, -0.05) is 23.4 Å². The molecule has 11 heteroatoms. The number of nitrogen functional groups attached to an aromatic ring is 1. The third-order valence-corrected chi connectivity index (χ3v) is 6.23. The minimum absolute atomic E-state index is 0.115. The quantitative estimate of drug-likeness (QED) is 0.584. The molecule has 0 saturated carbocycles. The zero-order valence-electron chi connectivity index (χ0n) is 15.3. The molecule has 0 spiro atoms. The van der Waals surface area contributed by atoms with Crippen LogP contribution in [0.2, 0.25) is 5.02 Å². The molecule has 146 valence electrons. The highest BCUT2D eigenvalue weighted by atomic mass is 35.5. The zero-order chi connectivity index (χ0) is 19.7. The smallest absolute Gasteiger partial charge is 0.204 e. The van der Waals surface area contributed by atoms with Crippen LogP contribution in [0.25, 0.3) is 11.4 Å². The molecule has 5 N–H and O–H groups in total. The van der Waals surface area contributed by atoms with E-state index in [1.54, 1.807) is 12.3 Å². The first-order valence-corrected chi connectivity index (χ1v) is 9.98. The van der Waals surface area contributed by atoms with Crippen molar-refractivity contribution < 1.29 is 0 Å². The molecule has 2 aromatic heterocycles. The SMILES string of the molecule is CC1(N)CCN(c2cnc(Sc3ccc(-c4nn[nH]n4)cc3Cl)c(N)n2)CC1. The van der Waals surface area contributed by atoms with Crippen LogP contribution in [-0.2, 0) is 0 Å². The van der Waals surface area contributed by atoms with E-state index in [2.05, 4.69) is 42.4 Å². The number of piperidine rings is 1. The summed E-state index contributed by atoms with van der Waals surface area (Å²) in [5.74, 6) is 1.63. The molecule has 0 bridgehead atoms. The summed E-state index contributed by atoms with van der Waals surface area (Å²) in [6, 6.07) is 5.53. The second-order valence-electron chi connectivity index (χ2n) is 7.04. The number of aromatic amines is 1. The third-order valence-electron chi connectivity index (χ3n) is 4.72. The maximum absolute atomic E-state index is 6.41. The van der Waals surface area contributed by atoms with Gasteiger partial charge in [-0.05, 0) is 43.2 Å². The van der Waals surface area contributed by atoms with Gasteiger partial charge in [0, 0.05) is 29.1 Å². The summed E-state index contributed by atoms with van der Waals surface area (Å²) in [7, 11) is 0. The Kier molecular flexibility index (Phi) is 5.09. The number of halogens is 1. The predicted molar refractivity (Wildman–Crippen MR) is 109 cm³/mol. The number of rotatable bonds is 4. The van der Waals surface area contributed by atoms with Crippen LogP contribution in [-0.4, -0.2) is 49.2 Å². The van der Waals surface area contributed by atoms with E-state index in [1.165, 1.54) is 11.8 Å². The lowest BCUT2D eigenvalue weighted by molar-refractivity contribution is 0.363. The summed E-state index contributed by atoms with van der Waals surface area (Å²) in [6.07, 6.45) is 3.57. The molecule has 3 aromatic rings. The Balaban J connectivity index is 1.50. The monoisotopic (exact) mass is 417 g/mol. The molecule has 0 aliphatic carbocycles. The first-order chi connectivity index (χ1) is 13.4. The zero-order valence-corrected chi connectivity index (χ0v) is 16.8. The van der Waals surface area contributed by atoms with Crippen LogP contribution in [0.5, 0.6) is 0 Å². The fourth-order valence-electron chi connectivity index (χ4n) is 2.97. The van der Waals surface area contributed by atoms with Crippen molar-refractivity contribution in [1.29, 1.82) is 0 Å². The summed E-state index contributed by atoms with van der Waals surface area (Å²) in [4.78, 5) is 12.0. The Hall–Kier alpha value is -2.43. The number of hydrogen-bond donors (Lipinski definition) is 3. The van der Waals surface area contributed by atoms with Gasteiger partial charge < -0.3 is 16.4 Å². The molecule has 0 amide bonds. The van der Waals surface area contributed by atoms with Gasteiger partial charge in [0.2, 0.25) is 5.82 Å². The van der Waals surface area contributed by atoms with Crippen molar-refractivity contribution in [2.24, 2.45) is 5.73 Å². The standard InChI is InChI=1S/C17H20ClN9S/c1-17(20)4-6-27(7-5-17)13-9-21-16(14(19)22-13)28-12-3-2-10(8-11(12)18)15-23-25-26-24-15/h2-3,8-9H,4-7,20H2,1H3,(H2,19,22)(H,23,24,25,26). The molecule has 1 aliphatic heterocycles. The first-order valence-electron chi connectivity index (χ1n) is 8.79. The molecule has 1 fully saturated rings. The van der Waals surface area contributed by atoms with E-state index in [0.29, 0.717) is 21.7 Å². The van der Waals surface area contributed by atoms with E-state index in [4.69, 9.17) is 23.1 Å². The fraction of sp³-hybridized carbons (Fsp3) is 0.353. The highest BCUT2D eigenvalue weighted by molar-refractivity contribution is 7.99. The number of nitrogens with zero attached hydrogens (tertiary/aromatic N) is 6. The summed E-state index contributed by atoms with van der Waals surface area (Å²) in [6.45, 7) is 3.77. The summed E-state index contributed by atoms with van der Waals surface area (Å²) >= 11 is 7.78. The van der Waals surface area contributed by atoms with Gasteiger partial charge in [-0.25, -0.2) is 9.97 Å². The maximum Gasteiger partial charge on any atom is 0.204 e. The van der Waals surface area contributed by atoms with Gasteiger partial charge in [-0.2, -0.15) is 5.21 Å².